The quantitative estimate of drug-likeness (QED) is 0.468. The molecule has 92 valence electrons. The van der Waals surface area contributed by atoms with Crippen LogP contribution in [0.5, 0.6) is 0 Å². The van der Waals surface area contributed by atoms with Gasteiger partial charge in [-0.2, -0.15) is 0 Å². The summed E-state index contributed by atoms with van der Waals surface area (Å²) < 4.78 is 0. The molecule has 2 amide bonds. The van der Waals surface area contributed by atoms with E-state index >= 15 is 0 Å². The van der Waals surface area contributed by atoms with Crippen molar-refractivity contribution in [3.8, 4) is 0 Å². The molecule has 0 bridgehead atoms. The second-order valence-corrected chi connectivity index (χ2v) is 4.87. The number of carbonyl (C=O) groups excluding carboxylic acids is 2. The molecular weight excluding hydrogens is 226 g/mol. The summed E-state index contributed by atoms with van der Waals surface area (Å²) >= 11 is 4.57. The Bertz CT molecular complexity index is 290. The zero-order chi connectivity index (χ0) is 12.8. The van der Waals surface area contributed by atoms with Crippen molar-refractivity contribution in [3.05, 3.63) is 0 Å². The van der Waals surface area contributed by atoms with E-state index in [1.54, 1.807) is 0 Å². The van der Waals surface area contributed by atoms with E-state index in [-0.39, 0.29) is 16.9 Å². The predicted molar refractivity (Wildman–Crippen MR) is 66.9 cm³/mol. The summed E-state index contributed by atoms with van der Waals surface area (Å²) in [6.45, 7) is 6.56. The van der Waals surface area contributed by atoms with Gasteiger partial charge in [0, 0.05) is 6.54 Å². The van der Waals surface area contributed by atoms with Crippen LogP contribution in [0.3, 0.4) is 0 Å². The highest BCUT2D eigenvalue weighted by atomic mass is 32.1. The average Bonchev–Trinajstić information content (AvgIpc) is 2.22. The summed E-state index contributed by atoms with van der Waals surface area (Å²) in [5.74, 6) is -1.36. The second-order valence-electron chi connectivity index (χ2n) is 4.35. The molecule has 0 aromatic heterocycles. The SMILES string of the molecule is CCC(C)(C)CNC(=O)C(=O)NCC(N)=S. The molecule has 0 saturated carbocycles. The van der Waals surface area contributed by atoms with Crippen LogP contribution in [-0.4, -0.2) is 29.9 Å². The van der Waals surface area contributed by atoms with Gasteiger partial charge in [-0.1, -0.05) is 33.0 Å². The molecule has 4 N–H and O–H groups in total. The highest BCUT2D eigenvalue weighted by Crippen LogP contribution is 2.17. The summed E-state index contributed by atoms with van der Waals surface area (Å²) in [6.07, 6.45) is 0.918. The Morgan fingerprint density at radius 1 is 1.25 bits per heavy atom. The standard InChI is InChI=1S/C10H19N3O2S/c1-4-10(2,3)6-13-9(15)8(14)12-5-7(11)16/h4-6H2,1-3H3,(H2,11,16)(H,12,14)(H,13,15). The molecule has 6 heteroatoms. The Balaban J connectivity index is 3.98. The number of nitrogens with one attached hydrogen (secondary N) is 2. The largest absolute Gasteiger partial charge is 0.392 e. The first-order valence-electron chi connectivity index (χ1n) is 5.13. The minimum Gasteiger partial charge on any atom is -0.392 e. The maximum atomic E-state index is 11.3. The van der Waals surface area contributed by atoms with Crippen molar-refractivity contribution >= 4 is 29.0 Å². The summed E-state index contributed by atoms with van der Waals surface area (Å²) in [7, 11) is 0. The van der Waals surface area contributed by atoms with E-state index in [2.05, 4.69) is 22.9 Å². The Morgan fingerprint density at radius 3 is 2.19 bits per heavy atom. The van der Waals surface area contributed by atoms with E-state index in [1.165, 1.54) is 0 Å². The van der Waals surface area contributed by atoms with Crippen LogP contribution in [0.1, 0.15) is 27.2 Å². The van der Waals surface area contributed by atoms with Gasteiger partial charge in [0.25, 0.3) is 0 Å². The van der Waals surface area contributed by atoms with Crippen LogP contribution < -0.4 is 16.4 Å². The molecule has 0 spiro atoms. The van der Waals surface area contributed by atoms with Gasteiger partial charge in [0.1, 0.15) is 0 Å². The molecule has 0 atom stereocenters. The molecule has 0 unspecified atom stereocenters. The smallest absolute Gasteiger partial charge is 0.309 e. The van der Waals surface area contributed by atoms with E-state index in [0.29, 0.717) is 6.54 Å². The number of carbonyl (C=O) groups is 2. The van der Waals surface area contributed by atoms with E-state index in [9.17, 15) is 9.59 Å². The number of nitrogens with two attached hydrogens (primary N) is 1. The van der Waals surface area contributed by atoms with E-state index in [4.69, 9.17) is 5.73 Å². The summed E-state index contributed by atoms with van der Waals surface area (Å²) in [6, 6.07) is 0. The third kappa shape index (κ3) is 6.34. The van der Waals surface area contributed by atoms with Crippen LogP contribution in [-0.2, 0) is 9.59 Å². The Kier molecular flexibility index (Phi) is 5.95. The molecule has 0 aliphatic rings. The molecule has 0 aliphatic carbocycles. The summed E-state index contributed by atoms with van der Waals surface area (Å²) in [5.41, 5.74) is 5.18. The molecule has 0 aromatic rings. The lowest BCUT2D eigenvalue weighted by atomic mass is 9.90. The van der Waals surface area contributed by atoms with Gasteiger partial charge in [0.2, 0.25) is 0 Å². The first kappa shape index (κ1) is 14.8. The van der Waals surface area contributed by atoms with Crippen molar-refractivity contribution in [2.24, 2.45) is 11.1 Å². The lowest BCUT2D eigenvalue weighted by Crippen LogP contribution is -2.45. The van der Waals surface area contributed by atoms with Crippen LogP contribution in [0.25, 0.3) is 0 Å². The highest BCUT2D eigenvalue weighted by Gasteiger charge is 2.19. The van der Waals surface area contributed by atoms with Crippen LogP contribution in [0.4, 0.5) is 0 Å². The maximum Gasteiger partial charge on any atom is 0.309 e. The Labute approximate surface area is 101 Å². The van der Waals surface area contributed by atoms with Crippen LogP contribution in [0, 0.1) is 5.41 Å². The number of hydrogen-bond donors (Lipinski definition) is 3. The Hall–Kier alpha value is -1.17. The molecule has 0 aromatic carbocycles. The molecule has 0 fully saturated rings. The van der Waals surface area contributed by atoms with E-state index < -0.39 is 11.8 Å². The third-order valence-electron chi connectivity index (χ3n) is 2.31. The lowest BCUT2D eigenvalue weighted by Gasteiger charge is -2.22. The number of hydrogen-bond acceptors (Lipinski definition) is 3. The van der Waals surface area contributed by atoms with E-state index in [0.717, 1.165) is 6.42 Å². The molecule has 5 nitrogen and oxygen atoms in total. The molecule has 0 radical (unpaired) electrons. The monoisotopic (exact) mass is 245 g/mol. The molecule has 0 rings (SSSR count). The molecular formula is C10H19N3O2S. The second kappa shape index (κ2) is 6.42. The zero-order valence-corrected chi connectivity index (χ0v) is 10.7. The predicted octanol–water partition coefficient (Wildman–Crippen LogP) is -0.0589. The van der Waals surface area contributed by atoms with Gasteiger partial charge in [0.15, 0.2) is 0 Å². The van der Waals surface area contributed by atoms with Crippen molar-refractivity contribution in [1.29, 1.82) is 0 Å². The van der Waals surface area contributed by atoms with Gasteiger partial charge in [-0.25, -0.2) is 0 Å². The van der Waals surface area contributed by atoms with Crippen LogP contribution in [0.2, 0.25) is 0 Å². The van der Waals surface area contributed by atoms with E-state index in [1.807, 2.05) is 20.8 Å². The van der Waals surface area contributed by atoms with Crippen LogP contribution >= 0.6 is 12.2 Å². The fourth-order valence-electron chi connectivity index (χ4n) is 0.773. The lowest BCUT2D eigenvalue weighted by molar-refractivity contribution is -0.139. The van der Waals surface area contributed by atoms with Gasteiger partial charge in [-0.15, -0.1) is 0 Å². The maximum absolute atomic E-state index is 11.3. The van der Waals surface area contributed by atoms with Crippen molar-refractivity contribution in [1.82, 2.24) is 10.6 Å². The third-order valence-corrected chi connectivity index (χ3v) is 2.46. The van der Waals surface area contributed by atoms with Crippen molar-refractivity contribution in [2.45, 2.75) is 27.2 Å². The first-order valence-corrected chi connectivity index (χ1v) is 5.53. The normalized spacial score (nSPS) is 10.7. The van der Waals surface area contributed by atoms with Gasteiger partial charge in [-0.3, -0.25) is 9.59 Å². The van der Waals surface area contributed by atoms with Crippen molar-refractivity contribution in [2.75, 3.05) is 13.1 Å². The molecule has 0 heterocycles. The Morgan fingerprint density at radius 2 is 1.75 bits per heavy atom. The summed E-state index contributed by atoms with van der Waals surface area (Å²) in [5, 5.41) is 4.88. The van der Waals surface area contributed by atoms with Crippen LogP contribution in [0.15, 0.2) is 0 Å². The number of amides is 2. The zero-order valence-electron chi connectivity index (χ0n) is 9.92. The molecule has 0 aliphatic heterocycles. The highest BCUT2D eigenvalue weighted by molar-refractivity contribution is 7.80. The summed E-state index contributed by atoms with van der Waals surface area (Å²) in [4.78, 5) is 22.7. The van der Waals surface area contributed by atoms with Gasteiger partial charge in [-0.05, 0) is 11.8 Å². The fraction of sp³-hybridized carbons (Fsp3) is 0.700. The molecule has 0 saturated heterocycles. The van der Waals surface area contributed by atoms with Gasteiger partial charge >= 0.3 is 11.8 Å². The minimum atomic E-state index is -0.709. The topological polar surface area (TPSA) is 84.2 Å². The first-order chi connectivity index (χ1) is 7.28. The number of thiocarbonyl (C=S) groups is 1. The van der Waals surface area contributed by atoms with Crippen molar-refractivity contribution in [3.63, 3.8) is 0 Å². The van der Waals surface area contributed by atoms with Gasteiger partial charge < -0.3 is 16.4 Å². The van der Waals surface area contributed by atoms with Gasteiger partial charge in [0.05, 0.1) is 11.5 Å². The average molecular weight is 245 g/mol. The fourth-order valence-corrected chi connectivity index (χ4v) is 0.845. The molecule has 16 heavy (non-hydrogen) atoms. The van der Waals surface area contributed by atoms with Crippen molar-refractivity contribution < 1.29 is 9.59 Å². The number of rotatable bonds is 5. The minimum absolute atomic E-state index is 0.0148.